The van der Waals surface area contributed by atoms with Crippen molar-refractivity contribution >= 4 is 23.2 Å². The molecule has 1 saturated heterocycles. The second-order valence-corrected chi connectivity index (χ2v) is 8.46. The van der Waals surface area contributed by atoms with Crippen LogP contribution in [0.2, 0.25) is 0 Å². The van der Waals surface area contributed by atoms with Gasteiger partial charge in [0.05, 0.1) is 11.4 Å². The van der Waals surface area contributed by atoms with Crippen molar-refractivity contribution < 1.29 is 14.7 Å². The number of piperidine rings is 1. The van der Waals surface area contributed by atoms with Crippen LogP contribution in [0.4, 0.5) is 16.2 Å². The van der Waals surface area contributed by atoms with Gasteiger partial charge in [-0.15, -0.1) is 0 Å². The number of para-hydroxylation sites is 2. The zero-order valence-corrected chi connectivity index (χ0v) is 18.8. The first-order valence-corrected chi connectivity index (χ1v) is 11.2. The number of likely N-dealkylation sites (tertiary alicyclic amines) is 1. The first kappa shape index (κ1) is 22.4. The predicted octanol–water partition coefficient (Wildman–Crippen LogP) is 5.16. The summed E-state index contributed by atoms with van der Waals surface area (Å²) >= 11 is 0. The highest BCUT2D eigenvalue weighted by Gasteiger charge is 2.28. The van der Waals surface area contributed by atoms with Crippen molar-refractivity contribution in [1.82, 2.24) is 4.90 Å². The maximum atomic E-state index is 13.0. The summed E-state index contributed by atoms with van der Waals surface area (Å²) < 4.78 is 0. The molecular formula is C27H29N3O3. The van der Waals surface area contributed by atoms with Crippen LogP contribution in [-0.2, 0) is 6.54 Å². The molecule has 0 unspecified atom stereocenters. The number of urea groups is 1. The first-order chi connectivity index (χ1) is 16.0. The van der Waals surface area contributed by atoms with Gasteiger partial charge in [0.1, 0.15) is 5.75 Å². The van der Waals surface area contributed by atoms with Crippen LogP contribution in [-0.4, -0.2) is 42.0 Å². The molecule has 33 heavy (non-hydrogen) atoms. The van der Waals surface area contributed by atoms with Gasteiger partial charge in [-0.25, -0.2) is 4.79 Å². The number of hydrogen-bond donors (Lipinski definition) is 2. The Kier molecular flexibility index (Phi) is 6.93. The van der Waals surface area contributed by atoms with Crippen LogP contribution in [0.15, 0.2) is 78.9 Å². The summed E-state index contributed by atoms with van der Waals surface area (Å²) in [6, 6.07) is 24.2. The summed E-state index contributed by atoms with van der Waals surface area (Å²) in [5.74, 6) is 0.110. The number of Topliss-reactive ketones (excluding diaryl/α,β-unsaturated/α-hetero) is 1. The normalized spacial score (nSPS) is 14.0. The molecule has 6 nitrogen and oxygen atoms in total. The number of nitrogens with zero attached hydrogens (tertiary/aromatic N) is 2. The van der Waals surface area contributed by atoms with Gasteiger partial charge in [-0.2, -0.15) is 0 Å². The lowest BCUT2D eigenvalue weighted by Crippen LogP contribution is -2.42. The van der Waals surface area contributed by atoms with E-state index in [0.717, 1.165) is 17.9 Å². The van der Waals surface area contributed by atoms with Crippen molar-refractivity contribution in [2.24, 2.45) is 5.92 Å². The third kappa shape index (κ3) is 5.52. The SMILES string of the molecule is CN(Cc1ccccc1)c1ccccc1NC(=O)N1CCC(C(=O)c2ccc(O)cc2)CC1. The van der Waals surface area contributed by atoms with Gasteiger partial charge in [0.2, 0.25) is 0 Å². The Morgan fingerprint density at radius 3 is 2.27 bits per heavy atom. The molecule has 0 aliphatic carbocycles. The number of aromatic hydroxyl groups is 1. The van der Waals surface area contributed by atoms with E-state index in [-0.39, 0.29) is 23.5 Å². The number of hydrogen-bond acceptors (Lipinski definition) is 4. The fourth-order valence-corrected chi connectivity index (χ4v) is 4.26. The van der Waals surface area contributed by atoms with Crippen molar-refractivity contribution in [1.29, 1.82) is 0 Å². The number of phenols is 1. The molecule has 0 bridgehead atoms. The molecule has 0 saturated carbocycles. The van der Waals surface area contributed by atoms with Crippen LogP contribution in [0.3, 0.4) is 0 Å². The van der Waals surface area contributed by atoms with E-state index in [1.807, 2.05) is 49.5 Å². The molecule has 3 aromatic rings. The predicted molar refractivity (Wildman–Crippen MR) is 131 cm³/mol. The van der Waals surface area contributed by atoms with E-state index in [4.69, 9.17) is 0 Å². The molecule has 1 aliphatic heterocycles. The molecule has 0 aromatic heterocycles. The van der Waals surface area contributed by atoms with Gasteiger partial charge in [0.15, 0.2) is 5.78 Å². The van der Waals surface area contributed by atoms with Gasteiger partial charge < -0.3 is 20.2 Å². The van der Waals surface area contributed by atoms with E-state index >= 15 is 0 Å². The molecule has 4 rings (SSSR count). The number of phenolic OH excluding ortho intramolecular Hbond substituents is 1. The van der Waals surface area contributed by atoms with Crippen molar-refractivity contribution in [2.75, 3.05) is 30.4 Å². The lowest BCUT2D eigenvalue weighted by molar-refractivity contribution is 0.0859. The van der Waals surface area contributed by atoms with Crippen molar-refractivity contribution in [3.63, 3.8) is 0 Å². The van der Waals surface area contributed by atoms with E-state index < -0.39 is 0 Å². The molecule has 2 amide bonds. The highest BCUT2D eigenvalue weighted by Crippen LogP contribution is 2.28. The highest BCUT2D eigenvalue weighted by atomic mass is 16.3. The van der Waals surface area contributed by atoms with Crippen LogP contribution in [0.25, 0.3) is 0 Å². The lowest BCUT2D eigenvalue weighted by atomic mass is 9.89. The molecule has 6 heteroatoms. The monoisotopic (exact) mass is 443 g/mol. The number of nitrogens with one attached hydrogen (secondary N) is 1. The number of rotatable bonds is 6. The lowest BCUT2D eigenvalue weighted by Gasteiger charge is -2.32. The smallest absolute Gasteiger partial charge is 0.321 e. The average molecular weight is 444 g/mol. The Morgan fingerprint density at radius 2 is 1.58 bits per heavy atom. The van der Waals surface area contributed by atoms with Crippen molar-refractivity contribution in [2.45, 2.75) is 19.4 Å². The van der Waals surface area contributed by atoms with Gasteiger partial charge in [-0.1, -0.05) is 42.5 Å². The zero-order valence-electron chi connectivity index (χ0n) is 18.8. The molecule has 1 aliphatic rings. The minimum absolute atomic E-state index is 0.0722. The van der Waals surface area contributed by atoms with E-state index in [9.17, 15) is 14.7 Å². The zero-order chi connectivity index (χ0) is 23.2. The Balaban J connectivity index is 1.36. The number of carbonyl (C=O) groups excluding carboxylic acids is 2. The fraction of sp³-hybridized carbons (Fsp3) is 0.259. The number of ketones is 1. The Labute approximate surface area is 194 Å². The molecule has 2 N–H and O–H groups in total. The summed E-state index contributed by atoms with van der Waals surface area (Å²) in [5, 5.41) is 12.5. The molecule has 1 fully saturated rings. The number of amides is 2. The minimum atomic E-state index is -0.147. The summed E-state index contributed by atoms with van der Waals surface area (Å²) in [5.41, 5.74) is 3.52. The van der Waals surface area contributed by atoms with E-state index in [2.05, 4.69) is 22.3 Å². The number of benzene rings is 3. The molecule has 0 atom stereocenters. The van der Waals surface area contributed by atoms with E-state index in [0.29, 0.717) is 31.5 Å². The maximum Gasteiger partial charge on any atom is 0.321 e. The standard InChI is InChI=1S/C27H29N3O3/c1-29(19-20-7-3-2-4-8-20)25-10-6-5-9-24(25)28-27(33)30-17-15-22(16-18-30)26(32)21-11-13-23(31)14-12-21/h2-14,22,31H,15-19H2,1H3,(H,28,33). The quantitative estimate of drug-likeness (QED) is 0.517. The summed E-state index contributed by atoms with van der Waals surface area (Å²) in [6.07, 6.45) is 1.26. The molecule has 0 spiro atoms. The van der Waals surface area contributed by atoms with Gasteiger partial charge in [0, 0.05) is 38.2 Å². The van der Waals surface area contributed by atoms with E-state index in [1.54, 1.807) is 17.0 Å². The first-order valence-electron chi connectivity index (χ1n) is 11.2. The summed E-state index contributed by atoms with van der Waals surface area (Å²) in [6.45, 7) is 1.79. The summed E-state index contributed by atoms with van der Waals surface area (Å²) in [7, 11) is 2.01. The molecule has 170 valence electrons. The third-order valence-corrected chi connectivity index (χ3v) is 6.12. The van der Waals surface area contributed by atoms with Crippen molar-refractivity contribution in [3.8, 4) is 5.75 Å². The fourth-order valence-electron chi connectivity index (χ4n) is 4.26. The van der Waals surface area contributed by atoms with Gasteiger partial charge in [-0.05, 0) is 54.8 Å². The average Bonchev–Trinajstić information content (AvgIpc) is 2.85. The van der Waals surface area contributed by atoms with Crippen LogP contribution >= 0.6 is 0 Å². The van der Waals surface area contributed by atoms with Crippen LogP contribution in [0.5, 0.6) is 5.75 Å². The van der Waals surface area contributed by atoms with E-state index in [1.165, 1.54) is 17.7 Å². The van der Waals surface area contributed by atoms with Crippen LogP contribution in [0, 0.1) is 5.92 Å². The van der Waals surface area contributed by atoms with Crippen LogP contribution in [0.1, 0.15) is 28.8 Å². The molecule has 0 radical (unpaired) electrons. The minimum Gasteiger partial charge on any atom is -0.508 e. The molecule has 1 heterocycles. The second-order valence-electron chi connectivity index (χ2n) is 8.46. The van der Waals surface area contributed by atoms with Crippen molar-refractivity contribution in [3.05, 3.63) is 90.0 Å². The second kappa shape index (κ2) is 10.2. The van der Waals surface area contributed by atoms with Gasteiger partial charge >= 0.3 is 6.03 Å². The maximum absolute atomic E-state index is 13.0. The third-order valence-electron chi connectivity index (χ3n) is 6.12. The van der Waals surface area contributed by atoms with Crippen LogP contribution < -0.4 is 10.2 Å². The Hall–Kier alpha value is -3.80. The molecule has 3 aromatic carbocycles. The topological polar surface area (TPSA) is 72.9 Å². The number of carbonyl (C=O) groups is 2. The Morgan fingerprint density at radius 1 is 0.939 bits per heavy atom. The highest BCUT2D eigenvalue weighted by molar-refractivity contribution is 5.98. The summed E-state index contributed by atoms with van der Waals surface area (Å²) in [4.78, 5) is 29.6. The van der Waals surface area contributed by atoms with Gasteiger partial charge in [0.25, 0.3) is 0 Å². The Bertz CT molecular complexity index is 1090. The molecular weight excluding hydrogens is 414 g/mol. The largest absolute Gasteiger partial charge is 0.508 e. The number of anilines is 2. The van der Waals surface area contributed by atoms with Gasteiger partial charge in [-0.3, -0.25) is 4.79 Å².